The van der Waals surface area contributed by atoms with Crippen LogP contribution < -0.4 is 0 Å². The van der Waals surface area contributed by atoms with E-state index in [0.29, 0.717) is 6.42 Å². The SMILES string of the molecule is C.C.CCCCC(C)C(F)(F)F. The van der Waals surface area contributed by atoms with E-state index in [1.54, 1.807) is 0 Å². The van der Waals surface area contributed by atoms with E-state index >= 15 is 0 Å². The second-order valence-corrected chi connectivity index (χ2v) is 2.58. The van der Waals surface area contributed by atoms with Crippen molar-refractivity contribution in [3.05, 3.63) is 0 Å². The maximum atomic E-state index is 11.8. The van der Waals surface area contributed by atoms with E-state index in [9.17, 15) is 13.2 Å². The lowest BCUT2D eigenvalue weighted by molar-refractivity contribution is -0.171. The van der Waals surface area contributed by atoms with Gasteiger partial charge >= 0.3 is 6.18 Å². The van der Waals surface area contributed by atoms with Crippen LogP contribution in [0.1, 0.15) is 48.0 Å². The molecule has 0 radical (unpaired) electrons. The fraction of sp³-hybridized carbons (Fsp3) is 1.00. The zero-order chi connectivity index (χ0) is 8.20. The van der Waals surface area contributed by atoms with Crippen LogP contribution in [0.2, 0.25) is 0 Å². The van der Waals surface area contributed by atoms with Crippen LogP contribution in [0, 0.1) is 5.92 Å². The quantitative estimate of drug-likeness (QED) is 0.602. The lowest BCUT2D eigenvalue weighted by Crippen LogP contribution is -2.19. The van der Waals surface area contributed by atoms with Gasteiger partial charge < -0.3 is 0 Å². The van der Waals surface area contributed by atoms with Gasteiger partial charge in [0.25, 0.3) is 0 Å². The molecule has 1 unspecified atom stereocenters. The highest BCUT2D eigenvalue weighted by Crippen LogP contribution is 2.29. The molecule has 0 aliphatic heterocycles. The number of alkyl halides is 3. The van der Waals surface area contributed by atoms with Crippen LogP contribution in [0.4, 0.5) is 13.2 Å². The van der Waals surface area contributed by atoms with Crippen LogP contribution in [0.5, 0.6) is 0 Å². The average Bonchev–Trinajstić information content (AvgIpc) is 1.80. The zero-order valence-corrected chi connectivity index (χ0v) is 6.33. The molecule has 0 amide bonds. The van der Waals surface area contributed by atoms with Crippen molar-refractivity contribution in [2.75, 3.05) is 0 Å². The lowest BCUT2D eigenvalue weighted by Gasteiger charge is -2.14. The summed E-state index contributed by atoms with van der Waals surface area (Å²) in [5.74, 6) is -1.13. The van der Waals surface area contributed by atoms with Crippen LogP contribution in [0.15, 0.2) is 0 Å². The van der Waals surface area contributed by atoms with Gasteiger partial charge in [-0.2, -0.15) is 13.2 Å². The maximum Gasteiger partial charge on any atom is 0.391 e. The monoisotopic (exact) mass is 186 g/mol. The summed E-state index contributed by atoms with van der Waals surface area (Å²) in [6, 6.07) is 0. The first kappa shape index (κ1) is 17.8. The molecule has 0 aromatic rings. The van der Waals surface area contributed by atoms with Crippen LogP contribution in [0.3, 0.4) is 0 Å². The normalized spacial score (nSPS) is 12.8. The highest BCUT2D eigenvalue weighted by molar-refractivity contribution is 4.61. The molecule has 0 aromatic carbocycles. The minimum absolute atomic E-state index is 0. The summed E-state index contributed by atoms with van der Waals surface area (Å²) in [5, 5.41) is 0. The van der Waals surface area contributed by atoms with Gasteiger partial charge in [-0.05, 0) is 6.42 Å². The van der Waals surface area contributed by atoms with Gasteiger partial charge in [0.2, 0.25) is 0 Å². The second kappa shape index (κ2) is 7.44. The maximum absolute atomic E-state index is 11.8. The first-order valence-electron chi connectivity index (χ1n) is 3.55. The highest BCUT2D eigenvalue weighted by Gasteiger charge is 2.34. The molecule has 12 heavy (non-hydrogen) atoms. The van der Waals surface area contributed by atoms with Crippen molar-refractivity contribution in [2.45, 2.75) is 54.1 Å². The zero-order valence-electron chi connectivity index (χ0n) is 6.33. The van der Waals surface area contributed by atoms with Crippen molar-refractivity contribution >= 4 is 0 Å². The van der Waals surface area contributed by atoms with E-state index in [1.807, 2.05) is 6.92 Å². The van der Waals surface area contributed by atoms with E-state index in [-0.39, 0.29) is 21.3 Å². The molecule has 0 spiro atoms. The largest absolute Gasteiger partial charge is 0.391 e. The Bertz CT molecular complexity index is 86.3. The molecule has 0 fully saturated rings. The number of unbranched alkanes of at least 4 members (excludes halogenated alkanes) is 1. The Morgan fingerprint density at radius 2 is 1.58 bits per heavy atom. The third-order valence-corrected chi connectivity index (χ3v) is 1.55. The van der Waals surface area contributed by atoms with E-state index in [4.69, 9.17) is 0 Å². The summed E-state index contributed by atoms with van der Waals surface area (Å²) < 4.78 is 35.3. The summed E-state index contributed by atoms with van der Waals surface area (Å²) in [4.78, 5) is 0. The first-order chi connectivity index (χ1) is 4.48. The number of hydrogen-bond acceptors (Lipinski definition) is 0. The standard InChI is InChI=1S/C7H13F3.2CH4/c1-3-4-5-6(2)7(8,9)10;;/h6H,3-5H2,1-2H3;2*1H4. The predicted molar refractivity (Wildman–Crippen MR) is 48.2 cm³/mol. The van der Waals surface area contributed by atoms with E-state index in [0.717, 1.165) is 6.42 Å². The topological polar surface area (TPSA) is 0 Å². The Morgan fingerprint density at radius 1 is 1.17 bits per heavy atom. The Hall–Kier alpha value is -0.210. The summed E-state index contributed by atoms with van der Waals surface area (Å²) in [6.45, 7) is 3.12. The lowest BCUT2D eigenvalue weighted by atomic mass is 10.0. The Balaban J connectivity index is -0.000000405. The van der Waals surface area contributed by atoms with Gasteiger partial charge in [0, 0.05) is 0 Å². The Labute approximate surface area is 74.2 Å². The highest BCUT2D eigenvalue weighted by atomic mass is 19.4. The van der Waals surface area contributed by atoms with Crippen molar-refractivity contribution < 1.29 is 13.2 Å². The number of halogens is 3. The average molecular weight is 186 g/mol. The fourth-order valence-electron chi connectivity index (χ4n) is 0.674. The van der Waals surface area contributed by atoms with E-state index in [2.05, 4.69) is 0 Å². The van der Waals surface area contributed by atoms with E-state index < -0.39 is 12.1 Å². The Kier molecular flexibility index (Phi) is 11.0. The van der Waals surface area contributed by atoms with Crippen LogP contribution in [-0.2, 0) is 0 Å². The second-order valence-electron chi connectivity index (χ2n) is 2.58. The molecule has 0 aliphatic carbocycles. The summed E-state index contributed by atoms with van der Waals surface area (Å²) in [5.41, 5.74) is 0. The van der Waals surface area contributed by atoms with Crippen LogP contribution in [0.25, 0.3) is 0 Å². The molecule has 0 saturated carbocycles. The van der Waals surface area contributed by atoms with Gasteiger partial charge in [-0.15, -0.1) is 0 Å². The smallest absolute Gasteiger partial charge is 0.171 e. The number of rotatable bonds is 3. The van der Waals surface area contributed by atoms with Gasteiger partial charge in [-0.25, -0.2) is 0 Å². The minimum atomic E-state index is -3.99. The number of hydrogen-bond donors (Lipinski definition) is 0. The van der Waals surface area contributed by atoms with Crippen molar-refractivity contribution in [3.63, 3.8) is 0 Å². The molecule has 0 aliphatic rings. The first-order valence-corrected chi connectivity index (χ1v) is 3.55. The van der Waals surface area contributed by atoms with Crippen molar-refractivity contribution in [2.24, 2.45) is 5.92 Å². The molecule has 0 rings (SSSR count). The molecule has 0 bridgehead atoms. The van der Waals surface area contributed by atoms with Crippen LogP contribution in [-0.4, -0.2) is 6.18 Å². The molecular weight excluding hydrogens is 165 g/mol. The van der Waals surface area contributed by atoms with E-state index in [1.165, 1.54) is 6.92 Å². The predicted octanol–water partition coefficient (Wildman–Crippen LogP) is 4.65. The molecule has 0 saturated heterocycles. The van der Waals surface area contributed by atoms with Crippen LogP contribution >= 0.6 is 0 Å². The van der Waals surface area contributed by atoms with Gasteiger partial charge in [-0.1, -0.05) is 41.5 Å². The van der Waals surface area contributed by atoms with Gasteiger partial charge in [0.15, 0.2) is 0 Å². The molecular formula is C9H21F3. The molecule has 0 nitrogen and oxygen atoms in total. The molecule has 0 N–H and O–H groups in total. The summed E-state index contributed by atoms with van der Waals surface area (Å²) >= 11 is 0. The van der Waals surface area contributed by atoms with Gasteiger partial charge in [0.1, 0.15) is 0 Å². The molecule has 1 atom stereocenters. The summed E-state index contributed by atoms with van der Waals surface area (Å²) in [7, 11) is 0. The fourth-order valence-corrected chi connectivity index (χ4v) is 0.674. The minimum Gasteiger partial charge on any atom is -0.171 e. The molecule has 3 heteroatoms. The molecule has 78 valence electrons. The third kappa shape index (κ3) is 7.89. The summed E-state index contributed by atoms with van der Waals surface area (Å²) in [6.07, 6.45) is -2.23. The third-order valence-electron chi connectivity index (χ3n) is 1.55. The molecule has 0 heterocycles. The van der Waals surface area contributed by atoms with Gasteiger partial charge in [-0.3, -0.25) is 0 Å². The van der Waals surface area contributed by atoms with Crippen molar-refractivity contribution in [1.82, 2.24) is 0 Å². The van der Waals surface area contributed by atoms with Crippen molar-refractivity contribution in [3.8, 4) is 0 Å². The Morgan fingerprint density at radius 3 is 1.83 bits per heavy atom. The van der Waals surface area contributed by atoms with Gasteiger partial charge in [0.05, 0.1) is 5.92 Å². The molecule has 0 aromatic heterocycles. The van der Waals surface area contributed by atoms with Crippen molar-refractivity contribution in [1.29, 1.82) is 0 Å².